The van der Waals surface area contributed by atoms with Crippen molar-refractivity contribution in [3.63, 3.8) is 0 Å². The average Bonchev–Trinajstić information content (AvgIpc) is 3.08. The molecule has 0 bridgehead atoms. The van der Waals surface area contributed by atoms with Gasteiger partial charge in [0.25, 0.3) is 0 Å². The van der Waals surface area contributed by atoms with Gasteiger partial charge in [0.1, 0.15) is 5.92 Å². The fourth-order valence-corrected chi connectivity index (χ4v) is 4.15. The van der Waals surface area contributed by atoms with Gasteiger partial charge in [-0.1, -0.05) is 29.8 Å². The quantitative estimate of drug-likeness (QED) is 0.663. The number of benzene rings is 1. The van der Waals surface area contributed by atoms with Crippen LogP contribution in [-0.4, -0.2) is 22.2 Å². The van der Waals surface area contributed by atoms with Gasteiger partial charge in [-0.3, -0.25) is 4.79 Å². The summed E-state index contributed by atoms with van der Waals surface area (Å²) in [7, 11) is 0. The van der Waals surface area contributed by atoms with Gasteiger partial charge in [0, 0.05) is 5.02 Å². The van der Waals surface area contributed by atoms with Crippen LogP contribution in [-0.2, 0) is 10.5 Å². The van der Waals surface area contributed by atoms with E-state index in [2.05, 4.69) is 10.6 Å². The molecule has 1 aliphatic heterocycles. The van der Waals surface area contributed by atoms with Gasteiger partial charge in [-0.15, -0.1) is 11.3 Å². The number of carbonyl (C=O) groups is 1. The summed E-state index contributed by atoms with van der Waals surface area (Å²) in [6, 6.07) is 7.77. The van der Waals surface area contributed by atoms with E-state index in [1.54, 1.807) is 11.4 Å². The molecule has 26 heavy (non-hydrogen) atoms. The van der Waals surface area contributed by atoms with E-state index in [9.17, 15) is 23.1 Å². The first-order chi connectivity index (χ1) is 12.1. The Balaban J connectivity index is 2.16. The number of nitrogens with one attached hydrogen (secondary N) is 2. The van der Waals surface area contributed by atoms with E-state index >= 15 is 0 Å². The first kappa shape index (κ1) is 19.1. The normalized spacial score (nSPS) is 26.1. The van der Waals surface area contributed by atoms with Gasteiger partial charge in [0.15, 0.2) is 10.8 Å². The van der Waals surface area contributed by atoms with Gasteiger partial charge in [-0.25, -0.2) is 0 Å². The highest BCUT2D eigenvalue weighted by molar-refractivity contribution is 7.80. The maximum absolute atomic E-state index is 13.3. The van der Waals surface area contributed by atoms with Crippen molar-refractivity contribution in [2.45, 2.75) is 17.9 Å². The zero-order valence-corrected chi connectivity index (χ0v) is 15.3. The predicted molar refractivity (Wildman–Crippen MR) is 95.8 cm³/mol. The van der Waals surface area contributed by atoms with Crippen LogP contribution in [0.5, 0.6) is 0 Å². The van der Waals surface area contributed by atoms with Crippen LogP contribution in [0.1, 0.15) is 16.5 Å². The molecule has 0 spiro atoms. The highest BCUT2D eigenvalue weighted by Crippen LogP contribution is 2.44. The van der Waals surface area contributed by atoms with E-state index in [1.807, 2.05) is 0 Å². The Morgan fingerprint density at radius 1 is 1.27 bits per heavy atom. The highest BCUT2D eigenvalue weighted by Gasteiger charge is 2.59. The Morgan fingerprint density at radius 2 is 1.92 bits per heavy atom. The van der Waals surface area contributed by atoms with Gasteiger partial charge < -0.3 is 15.7 Å². The summed E-state index contributed by atoms with van der Waals surface area (Å²) in [5, 5.41) is 18.1. The summed E-state index contributed by atoms with van der Waals surface area (Å²) in [4.78, 5) is 12.4. The third kappa shape index (κ3) is 3.44. The molecule has 1 aromatic heterocycles. The molecule has 0 saturated carbocycles. The number of hydrogen-bond donors (Lipinski definition) is 3. The van der Waals surface area contributed by atoms with Crippen LogP contribution in [0.4, 0.5) is 13.2 Å². The molecule has 3 rings (SSSR count). The molecular weight excluding hydrogens is 409 g/mol. The third-order valence-corrected chi connectivity index (χ3v) is 5.53. The first-order valence-corrected chi connectivity index (χ1v) is 9.01. The van der Waals surface area contributed by atoms with E-state index < -0.39 is 29.6 Å². The van der Waals surface area contributed by atoms with Crippen molar-refractivity contribution in [3.05, 3.63) is 57.2 Å². The average molecular weight is 421 g/mol. The number of thiocarbonyl (C=S) groups is 1. The number of hydrogen-bond acceptors (Lipinski definition) is 4. The number of ketones is 1. The van der Waals surface area contributed by atoms with Gasteiger partial charge in [-0.05, 0) is 41.4 Å². The molecule has 0 unspecified atom stereocenters. The molecule has 1 saturated heterocycles. The number of aliphatic hydroxyl groups is 1. The minimum atomic E-state index is -5.14. The van der Waals surface area contributed by atoms with E-state index in [0.29, 0.717) is 10.6 Å². The van der Waals surface area contributed by atoms with Gasteiger partial charge in [0.05, 0.1) is 10.9 Å². The lowest BCUT2D eigenvalue weighted by Gasteiger charge is -2.45. The lowest BCUT2D eigenvalue weighted by Crippen LogP contribution is -2.66. The predicted octanol–water partition coefficient (Wildman–Crippen LogP) is 3.51. The summed E-state index contributed by atoms with van der Waals surface area (Å²) >= 11 is 11.9. The van der Waals surface area contributed by atoms with E-state index in [-0.39, 0.29) is 9.99 Å². The second kappa shape index (κ2) is 6.80. The van der Waals surface area contributed by atoms with Crippen LogP contribution < -0.4 is 10.6 Å². The number of halogens is 4. The SMILES string of the molecule is O=C([C@@H]1[C@H](c2ccc(Cl)cc2)NC(=S)N[C@]1(O)c1cccs1)C(F)(F)F. The minimum Gasteiger partial charge on any atom is -0.366 e. The van der Waals surface area contributed by atoms with Crippen molar-refractivity contribution in [2.24, 2.45) is 5.92 Å². The Labute approximate surface area is 161 Å². The van der Waals surface area contributed by atoms with Crippen LogP contribution in [0.3, 0.4) is 0 Å². The molecular formula is C16H12ClF3N2O2S2. The van der Waals surface area contributed by atoms with Gasteiger partial charge in [-0.2, -0.15) is 13.2 Å². The molecule has 3 atom stereocenters. The minimum absolute atomic E-state index is 0.0629. The molecule has 10 heteroatoms. The number of alkyl halides is 3. The number of carbonyl (C=O) groups excluding carboxylic acids is 1. The topological polar surface area (TPSA) is 61.4 Å². The Bertz CT molecular complexity index is 827. The maximum Gasteiger partial charge on any atom is 0.450 e. The van der Waals surface area contributed by atoms with Crippen LogP contribution in [0.15, 0.2) is 41.8 Å². The van der Waals surface area contributed by atoms with E-state index in [4.69, 9.17) is 23.8 Å². The van der Waals surface area contributed by atoms with Crippen molar-refractivity contribution in [3.8, 4) is 0 Å². The monoisotopic (exact) mass is 420 g/mol. The fourth-order valence-electron chi connectivity index (χ4n) is 2.93. The Kier molecular flexibility index (Phi) is 5.00. The van der Waals surface area contributed by atoms with Crippen LogP contribution in [0, 0.1) is 5.92 Å². The molecule has 1 aliphatic rings. The largest absolute Gasteiger partial charge is 0.450 e. The fraction of sp³-hybridized carbons (Fsp3) is 0.250. The second-order valence-electron chi connectivity index (χ2n) is 5.71. The maximum atomic E-state index is 13.3. The molecule has 3 N–H and O–H groups in total. The standard InChI is InChI=1S/C16H12ClF3N2O2S2/c17-9-5-3-8(4-6-9)12-11(13(23)16(18,19)20)15(24,22-14(25)21-12)10-2-1-7-26-10/h1-7,11-12,24H,(H2,21,22,25)/t11-,12-,15-/m0/s1. The van der Waals surface area contributed by atoms with E-state index in [1.165, 1.54) is 30.3 Å². The van der Waals surface area contributed by atoms with Gasteiger partial charge >= 0.3 is 6.18 Å². The first-order valence-electron chi connectivity index (χ1n) is 7.34. The molecule has 2 heterocycles. The summed E-state index contributed by atoms with van der Waals surface area (Å²) < 4.78 is 39.9. The number of Topliss-reactive ketones (excluding diaryl/α,β-unsaturated/α-hetero) is 1. The molecule has 4 nitrogen and oxygen atoms in total. The zero-order chi connectivity index (χ0) is 19.1. The summed E-state index contributed by atoms with van der Waals surface area (Å²) in [6.45, 7) is 0. The lowest BCUT2D eigenvalue weighted by atomic mass is 9.78. The smallest absolute Gasteiger partial charge is 0.366 e. The Hall–Kier alpha value is -1.68. The van der Waals surface area contributed by atoms with Crippen LogP contribution in [0.2, 0.25) is 5.02 Å². The van der Waals surface area contributed by atoms with Crippen molar-refractivity contribution in [2.75, 3.05) is 0 Å². The van der Waals surface area contributed by atoms with Gasteiger partial charge in [0.2, 0.25) is 5.78 Å². The molecule has 2 aromatic rings. The van der Waals surface area contributed by atoms with Crippen molar-refractivity contribution < 1.29 is 23.1 Å². The molecule has 0 radical (unpaired) electrons. The zero-order valence-electron chi connectivity index (χ0n) is 12.9. The van der Waals surface area contributed by atoms with Crippen molar-refractivity contribution >= 4 is 46.1 Å². The molecule has 0 amide bonds. The highest BCUT2D eigenvalue weighted by atomic mass is 35.5. The van der Waals surface area contributed by atoms with Crippen molar-refractivity contribution in [1.29, 1.82) is 0 Å². The summed E-state index contributed by atoms with van der Waals surface area (Å²) in [6.07, 6.45) is -5.14. The molecule has 1 aromatic carbocycles. The Morgan fingerprint density at radius 3 is 2.46 bits per heavy atom. The molecule has 0 aliphatic carbocycles. The summed E-state index contributed by atoms with van der Waals surface area (Å²) in [5.41, 5.74) is -1.95. The van der Waals surface area contributed by atoms with Crippen molar-refractivity contribution in [1.82, 2.24) is 10.6 Å². The van der Waals surface area contributed by atoms with Crippen LogP contribution in [0.25, 0.3) is 0 Å². The molecule has 1 fully saturated rings. The third-order valence-electron chi connectivity index (χ3n) is 4.06. The number of rotatable bonds is 3. The molecule has 138 valence electrons. The lowest BCUT2D eigenvalue weighted by molar-refractivity contribution is -0.189. The van der Waals surface area contributed by atoms with E-state index in [0.717, 1.165) is 11.3 Å². The summed E-state index contributed by atoms with van der Waals surface area (Å²) in [5.74, 6) is -3.95. The number of thiophene rings is 1. The van der Waals surface area contributed by atoms with Crippen LogP contribution >= 0.6 is 35.2 Å². The second-order valence-corrected chi connectivity index (χ2v) is 7.50.